The van der Waals surface area contributed by atoms with Gasteiger partial charge in [0, 0.05) is 18.5 Å². The first-order valence-electron chi connectivity index (χ1n) is 7.78. The van der Waals surface area contributed by atoms with Gasteiger partial charge in [0.25, 0.3) is 0 Å². The summed E-state index contributed by atoms with van der Waals surface area (Å²) in [5.74, 6) is 1.56. The Morgan fingerprint density at radius 2 is 2.22 bits per heavy atom. The number of rotatable bonds is 8. The van der Waals surface area contributed by atoms with Crippen LogP contribution in [0.4, 0.5) is 0 Å². The average molecular weight is 336 g/mol. The zero-order valence-corrected chi connectivity index (χ0v) is 14.7. The van der Waals surface area contributed by atoms with E-state index in [4.69, 9.17) is 4.42 Å². The Kier molecular flexibility index (Phi) is 5.96. The van der Waals surface area contributed by atoms with Crippen molar-refractivity contribution in [3.05, 3.63) is 29.0 Å². The molecule has 1 amide bonds. The molecule has 0 unspecified atom stereocenters. The van der Waals surface area contributed by atoms with Crippen LogP contribution < -0.4 is 5.32 Å². The normalized spacial score (nSPS) is 11.7. The summed E-state index contributed by atoms with van der Waals surface area (Å²) in [6.45, 7) is 6.71. The van der Waals surface area contributed by atoms with Gasteiger partial charge >= 0.3 is 0 Å². The second kappa shape index (κ2) is 7.75. The fourth-order valence-corrected chi connectivity index (χ4v) is 2.93. The van der Waals surface area contributed by atoms with E-state index in [1.54, 1.807) is 0 Å². The molecule has 0 saturated carbocycles. The van der Waals surface area contributed by atoms with Gasteiger partial charge in [-0.15, -0.1) is 11.3 Å². The van der Waals surface area contributed by atoms with E-state index >= 15 is 0 Å². The molecule has 2 aromatic rings. The monoisotopic (exact) mass is 336 g/mol. The molecular formula is C17H24N2O3S. The second-order valence-corrected chi connectivity index (χ2v) is 7.37. The number of amides is 1. The molecule has 2 aromatic heterocycles. The molecular weight excluding hydrogens is 312 g/mol. The topological polar surface area (TPSA) is 75.4 Å². The van der Waals surface area contributed by atoms with Crippen molar-refractivity contribution in [1.82, 2.24) is 10.3 Å². The summed E-state index contributed by atoms with van der Waals surface area (Å²) in [6.07, 6.45) is 2.01. The largest absolute Gasteiger partial charge is 0.459 e. The number of nitrogens with zero attached hydrogens (tertiary/aromatic N) is 1. The molecule has 0 radical (unpaired) electrons. The number of aryl methyl sites for hydroxylation is 1. The number of aromatic nitrogens is 1. The minimum Gasteiger partial charge on any atom is -0.459 e. The van der Waals surface area contributed by atoms with E-state index in [2.05, 4.69) is 10.3 Å². The smallest absolute Gasteiger partial charge is 0.226 e. The lowest BCUT2D eigenvalue weighted by molar-refractivity contribution is -0.120. The van der Waals surface area contributed by atoms with E-state index < -0.39 is 0 Å². The average Bonchev–Trinajstić information content (AvgIpc) is 3.12. The minimum atomic E-state index is -0.0876. The summed E-state index contributed by atoms with van der Waals surface area (Å²) in [5, 5.41) is 14.8. The van der Waals surface area contributed by atoms with Crippen LogP contribution in [0.1, 0.15) is 38.1 Å². The molecule has 23 heavy (non-hydrogen) atoms. The molecule has 2 N–H and O–H groups in total. The summed E-state index contributed by atoms with van der Waals surface area (Å²) in [4.78, 5) is 16.4. The maximum absolute atomic E-state index is 11.9. The molecule has 0 atom stereocenters. The quantitative estimate of drug-likeness (QED) is 0.726. The third-order valence-corrected chi connectivity index (χ3v) is 4.53. The fourth-order valence-electron chi connectivity index (χ4n) is 2.15. The van der Waals surface area contributed by atoms with Crippen LogP contribution in [-0.2, 0) is 11.2 Å². The minimum absolute atomic E-state index is 0.0284. The highest BCUT2D eigenvalue weighted by Gasteiger charge is 2.16. The number of aliphatic hydroxyl groups excluding tert-OH is 1. The van der Waals surface area contributed by atoms with Crippen molar-refractivity contribution in [3.8, 4) is 10.8 Å². The molecule has 0 fully saturated rings. The summed E-state index contributed by atoms with van der Waals surface area (Å²) in [5.41, 5.74) is 0.669. The maximum atomic E-state index is 11.9. The summed E-state index contributed by atoms with van der Waals surface area (Å²) in [7, 11) is 0. The molecule has 2 heterocycles. The number of carbonyl (C=O) groups excluding carboxylic acids is 1. The van der Waals surface area contributed by atoms with E-state index in [0.29, 0.717) is 6.54 Å². The van der Waals surface area contributed by atoms with Crippen LogP contribution in [0.3, 0.4) is 0 Å². The number of aliphatic hydroxyl groups is 1. The number of hydrogen-bond acceptors (Lipinski definition) is 5. The van der Waals surface area contributed by atoms with Crippen LogP contribution in [0.2, 0.25) is 0 Å². The summed E-state index contributed by atoms with van der Waals surface area (Å²) in [6, 6.07) is 3.79. The van der Waals surface area contributed by atoms with Crippen LogP contribution in [0.5, 0.6) is 0 Å². The molecule has 5 nitrogen and oxygen atoms in total. The Balaban J connectivity index is 1.77. The van der Waals surface area contributed by atoms with E-state index in [9.17, 15) is 9.90 Å². The first-order chi connectivity index (χ1) is 10.9. The molecule has 0 aromatic carbocycles. The Hall–Kier alpha value is -1.66. The molecule has 0 aliphatic carbocycles. The van der Waals surface area contributed by atoms with Crippen molar-refractivity contribution in [2.45, 2.75) is 40.0 Å². The van der Waals surface area contributed by atoms with Crippen LogP contribution in [0.25, 0.3) is 10.8 Å². The zero-order valence-electron chi connectivity index (χ0n) is 13.9. The zero-order chi connectivity index (χ0) is 16.9. The van der Waals surface area contributed by atoms with Gasteiger partial charge < -0.3 is 14.8 Å². The van der Waals surface area contributed by atoms with Crippen molar-refractivity contribution < 1.29 is 14.3 Å². The van der Waals surface area contributed by atoms with Gasteiger partial charge in [-0.2, -0.15) is 0 Å². The van der Waals surface area contributed by atoms with Gasteiger partial charge in [-0.3, -0.25) is 4.79 Å². The van der Waals surface area contributed by atoms with Crippen molar-refractivity contribution in [2.24, 2.45) is 5.41 Å². The van der Waals surface area contributed by atoms with Crippen LogP contribution >= 0.6 is 11.3 Å². The lowest BCUT2D eigenvalue weighted by Crippen LogP contribution is -2.27. The molecule has 2 rings (SSSR count). The van der Waals surface area contributed by atoms with Crippen molar-refractivity contribution in [2.75, 3.05) is 13.2 Å². The lowest BCUT2D eigenvalue weighted by atomic mass is 9.89. The number of thiazole rings is 1. The summed E-state index contributed by atoms with van der Waals surface area (Å²) >= 11 is 1.48. The Morgan fingerprint density at radius 3 is 2.87 bits per heavy atom. The first kappa shape index (κ1) is 17.7. The third kappa shape index (κ3) is 5.48. The molecule has 0 aliphatic rings. The lowest BCUT2D eigenvalue weighted by Gasteiger charge is -2.21. The third-order valence-electron chi connectivity index (χ3n) is 3.63. The molecule has 0 bridgehead atoms. The van der Waals surface area contributed by atoms with Crippen molar-refractivity contribution in [1.29, 1.82) is 0 Å². The number of furan rings is 1. The van der Waals surface area contributed by atoms with Crippen LogP contribution in [0.15, 0.2) is 21.9 Å². The molecule has 0 aliphatic heterocycles. The van der Waals surface area contributed by atoms with Gasteiger partial charge in [-0.1, -0.05) is 13.8 Å². The van der Waals surface area contributed by atoms with Gasteiger partial charge in [-0.05, 0) is 37.3 Å². The predicted octanol–water partition coefficient (Wildman–Crippen LogP) is 3.17. The van der Waals surface area contributed by atoms with Gasteiger partial charge in [0.15, 0.2) is 10.8 Å². The van der Waals surface area contributed by atoms with Crippen LogP contribution in [-0.4, -0.2) is 29.1 Å². The highest BCUT2D eigenvalue weighted by molar-refractivity contribution is 7.13. The number of hydrogen-bond donors (Lipinski definition) is 2. The van der Waals surface area contributed by atoms with E-state index in [1.165, 1.54) is 11.3 Å². The van der Waals surface area contributed by atoms with Crippen molar-refractivity contribution >= 4 is 17.2 Å². The SMILES string of the molecule is Cc1ccc(-c2nc(CC(=O)NCCCC(C)(C)CO)cs2)o1. The van der Waals surface area contributed by atoms with E-state index in [-0.39, 0.29) is 24.3 Å². The summed E-state index contributed by atoms with van der Waals surface area (Å²) < 4.78 is 5.54. The van der Waals surface area contributed by atoms with Crippen molar-refractivity contribution in [3.63, 3.8) is 0 Å². The highest BCUT2D eigenvalue weighted by atomic mass is 32.1. The fraction of sp³-hybridized carbons (Fsp3) is 0.529. The molecule has 126 valence electrons. The van der Waals surface area contributed by atoms with E-state index in [0.717, 1.165) is 35.1 Å². The number of nitrogens with one attached hydrogen (secondary N) is 1. The van der Waals surface area contributed by atoms with Gasteiger partial charge in [0.1, 0.15) is 5.76 Å². The van der Waals surface area contributed by atoms with Gasteiger partial charge in [0.05, 0.1) is 12.1 Å². The first-order valence-corrected chi connectivity index (χ1v) is 8.66. The highest BCUT2D eigenvalue weighted by Crippen LogP contribution is 2.25. The molecule has 6 heteroatoms. The van der Waals surface area contributed by atoms with Crippen LogP contribution in [0, 0.1) is 12.3 Å². The van der Waals surface area contributed by atoms with Gasteiger partial charge in [0.2, 0.25) is 5.91 Å². The Morgan fingerprint density at radius 1 is 1.43 bits per heavy atom. The molecule has 0 spiro atoms. The predicted molar refractivity (Wildman–Crippen MR) is 91.4 cm³/mol. The Bertz CT molecular complexity index is 646. The Labute approximate surface area is 140 Å². The van der Waals surface area contributed by atoms with Gasteiger partial charge in [-0.25, -0.2) is 4.98 Å². The standard InChI is InChI=1S/C17H24N2O3S/c1-12-5-6-14(22-12)16-19-13(10-23-16)9-15(21)18-8-4-7-17(2,3)11-20/h5-6,10,20H,4,7-9,11H2,1-3H3,(H,18,21). The van der Waals surface area contributed by atoms with E-state index in [1.807, 2.05) is 38.3 Å². The second-order valence-electron chi connectivity index (χ2n) is 6.51. The molecule has 0 saturated heterocycles. The number of carbonyl (C=O) groups is 1. The maximum Gasteiger partial charge on any atom is 0.226 e.